The van der Waals surface area contributed by atoms with Crippen molar-refractivity contribution in [2.75, 3.05) is 0 Å². The van der Waals surface area contributed by atoms with Crippen molar-refractivity contribution in [3.8, 4) is 0 Å². The van der Waals surface area contributed by atoms with Gasteiger partial charge in [-0.25, -0.2) is 0 Å². The molecule has 2 aliphatic carbocycles. The molecule has 0 aromatic carbocycles. The third-order valence-corrected chi connectivity index (χ3v) is 4.07. The lowest BCUT2D eigenvalue weighted by atomic mass is 10.0. The second-order valence-corrected chi connectivity index (χ2v) is 5.89. The Bertz CT molecular complexity index is 332. The summed E-state index contributed by atoms with van der Waals surface area (Å²) in [5.41, 5.74) is 1.67. The number of fused-ring (bicyclic) bond motifs is 2. The number of unbranched alkanes of at least 4 members (excludes halogenated alkanes) is 4. The summed E-state index contributed by atoms with van der Waals surface area (Å²) in [4.78, 5) is 0. The summed E-state index contributed by atoms with van der Waals surface area (Å²) in [6.45, 7) is 19.6. The minimum atomic E-state index is 0.833. The highest BCUT2D eigenvalue weighted by Crippen LogP contribution is 2.42. The highest BCUT2D eigenvalue weighted by Gasteiger charge is 2.29. The fourth-order valence-electron chi connectivity index (χ4n) is 2.70. The highest BCUT2D eigenvalue weighted by molar-refractivity contribution is 5.26. The van der Waals surface area contributed by atoms with E-state index in [0.717, 1.165) is 18.3 Å². The van der Waals surface area contributed by atoms with Crippen LogP contribution in [0.3, 0.4) is 0 Å². The molecule has 0 aliphatic heterocycles. The first-order valence-corrected chi connectivity index (χ1v) is 9.28. The quantitative estimate of drug-likeness (QED) is 0.343. The Morgan fingerprint density at radius 1 is 1.04 bits per heavy atom. The van der Waals surface area contributed by atoms with Gasteiger partial charge in [0.25, 0.3) is 0 Å². The first-order chi connectivity index (χ1) is 11.2. The van der Waals surface area contributed by atoms with E-state index in [0.29, 0.717) is 0 Å². The minimum Gasteiger partial charge on any atom is -0.106 e. The van der Waals surface area contributed by atoms with Crippen LogP contribution in [0.5, 0.6) is 0 Å². The SMILES string of the molecule is C=C.C=CCC.C=CCCCCCC.CC=C1CC2C=CC1C2. The van der Waals surface area contributed by atoms with Gasteiger partial charge in [-0.2, -0.15) is 0 Å². The van der Waals surface area contributed by atoms with Gasteiger partial charge >= 0.3 is 0 Å². The van der Waals surface area contributed by atoms with Crippen LogP contribution < -0.4 is 0 Å². The van der Waals surface area contributed by atoms with E-state index in [1.54, 1.807) is 5.57 Å². The number of allylic oxidation sites excluding steroid dienone is 6. The molecule has 0 nitrogen and oxygen atoms in total. The third kappa shape index (κ3) is 12.9. The van der Waals surface area contributed by atoms with Gasteiger partial charge in [-0.3, -0.25) is 0 Å². The predicted octanol–water partition coefficient (Wildman–Crippen LogP) is 8.06. The van der Waals surface area contributed by atoms with E-state index in [4.69, 9.17) is 0 Å². The summed E-state index contributed by atoms with van der Waals surface area (Å²) in [6, 6.07) is 0. The van der Waals surface area contributed by atoms with Crippen LogP contribution in [0, 0.1) is 11.8 Å². The molecule has 23 heavy (non-hydrogen) atoms. The normalized spacial score (nSPS) is 21.3. The van der Waals surface area contributed by atoms with Gasteiger partial charge in [-0.15, -0.1) is 26.3 Å². The zero-order valence-electron chi connectivity index (χ0n) is 16.0. The summed E-state index contributed by atoms with van der Waals surface area (Å²) in [7, 11) is 0. The van der Waals surface area contributed by atoms with Crippen molar-refractivity contribution in [3.63, 3.8) is 0 Å². The molecule has 0 aromatic rings. The first kappa shape index (κ1) is 24.0. The predicted molar refractivity (Wildman–Crippen MR) is 110 cm³/mol. The van der Waals surface area contributed by atoms with Gasteiger partial charge in [0, 0.05) is 0 Å². The second kappa shape index (κ2) is 18.7. The van der Waals surface area contributed by atoms with Crippen LogP contribution in [0.4, 0.5) is 0 Å². The van der Waals surface area contributed by atoms with E-state index in [9.17, 15) is 0 Å². The molecule has 0 radical (unpaired) electrons. The van der Waals surface area contributed by atoms with Crippen molar-refractivity contribution in [1.82, 2.24) is 0 Å². The van der Waals surface area contributed by atoms with Gasteiger partial charge in [-0.05, 0) is 50.9 Å². The van der Waals surface area contributed by atoms with E-state index in [1.165, 1.54) is 44.9 Å². The molecule has 0 aromatic heterocycles. The van der Waals surface area contributed by atoms with Crippen LogP contribution in [0.25, 0.3) is 0 Å². The molecular formula is C23H40. The average molecular weight is 317 g/mol. The topological polar surface area (TPSA) is 0 Å². The Morgan fingerprint density at radius 2 is 1.70 bits per heavy atom. The van der Waals surface area contributed by atoms with Gasteiger partial charge in [-0.1, -0.05) is 69.1 Å². The van der Waals surface area contributed by atoms with E-state index in [1.807, 2.05) is 12.2 Å². The maximum Gasteiger partial charge on any atom is -0.00174 e. The Morgan fingerprint density at radius 3 is 2.00 bits per heavy atom. The third-order valence-electron chi connectivity index (χ3n) is 4.07. The molecule has 0 spiro atoms. The molecule has 1 fully saturated rings. The van der Waals surface area contributed by atoms with E-state index in [2.05, 4.69) is 65.3 Å². The molecule has 0 N–H and O–H groups in total. The Labute approximate surface area is 146 Å². The van der Waals surface area contributed by atoms with Gasteiger partial charge in [0.15, 0.2) is 0 Å². The highest BCUT2D eigenvalue weighted by atomic mass is 14.3. The smallest absolute Gasteiger partial charge is 0.00174 e. The fourth-order valence-corrected chi connectivity index (χ4v) is 2.70. The van der Waals surface area contributed by atoms with Crippen molar-refractivity contribution in [3.05, 3.63) is 62.3 Å². The lowest BCUT2D eigenvalue weighted by Crippen LogP contribution is -1.90. The second-order valence-electron chi connectivity index (χ2n) is 5.89. The molecular weight excluding hydrogens is 276 g/mol. The Kier molecular flexibility index (Phi) is 19.5. The van der Waals surface area contributed by atoms with Crippen LogP contribution in [0.1, 0.15) is 72.1 Å². The van der Waals surface area contributed by atoms with Crippen molar-refractivity contribution >= 4 is 0 Å². The number of rotatable bonds is 6. The Hall–Kier alpha value is -1.30. The maximum atomic E-state index is 3.66. The molecule has 0 saturated heterocycles. The standard InChI is InChI=1S/C9H12.C8H16.C4H8.C2H4/c1-2-8-5-7-3-4-9(8)6-7;1-3-5-7-8-6-4-2;1-3-4-2;1-2/h2-4,7,9H,5-6H2,1H3;3H,1,4-8H2,2H3;3H,1,4H2,2H3;1-2H2. The van der Waals surface area contributed by atoms with Crippen LogP contribution in [0.15, 0.2) is 62.3 Å². The lowest BCUT2D eigenvalue weighted by molar-refractivity contribution is 0.675. The first-order valence-electron chi connectivity index (χ1n) is 9.28. The summed E-state index contributed by atoms with van der Waals surface area (Å²) in [5.74, 6) is 1.74. The van der Waals surface area contributed by atoms with Gasteiger partial charge in [0.2, 0.25) is 0 Å². The van der Waals surface area contributed by atoms with Crippen LogP contribution >= 0.6 is 0 Å². The zero-order chi connectivity index (χ0) is 17.9. The fraction of sp³-hybridized carbons (Fsp3) is 0.565. The van der Waals surface area contributed by atoms with E-state index in [-0.39, 0.29) is 0 Å². The molecule has 1 saturated carbocycles. The van der Waals surface area contributed by atoms with E-state index >= 15 is 0 Å². The van der Waals surface area contributed by atoms with Crippen LogP contribution in [-0.4, -0.2) is 0 Å². The van der Waals surface area contributed by atoms with Crippen molar-refractivity contribution in [1.29, 1.82) is 0 Å². The molecule has 0 heterocycles. The van der Waals surface area contributed by atoms with Crippen LogP contribution in [0.2, 0.25) is 0 Å². The van der Waals surface area contributed by atoms with Crippen molar-refractivity contribution in [2.24, 2.45) is 11.8 Å². The Balaban J connectivity index is 0. The van der Waals surface area contributed by atoms with Gasteiger partial charge in [0.05, 0.1) is 0 Å². The van der Waals surface area contributed by atoms with Crippen molar-refractivity contribution in [2.45, 2.75) is 72.1 Å². The lowest BCUT2D eigenvalue weighted by Gasteiger charge is -2.05. The number of hydrogen-bond acceptors (Lipinski definition) is 0. The largest absolute Gasteiger partial charge is 0.106 e. The number of hydrogen-bond donors (Lipinski definition) is 0. The summed E-state index contributed by atoms with van der Waals surface area (Å²) in [5, 5.41) is 0. The van der Waals surface area contributed by atoms with Gasteiger partial charge in [0.1, 0.15) is 0 Å². The zero-order valence-corrected chi connectivity index (χ0v) is 16.0. The average Bonchev–Trinajstić information content (AvgIpc) is 3.24. The van der Waals surface area contributed by atoms with Gasteiger partial charge < -0.3 is 0 Å². The molecule has 2 aliphatic rings. The monoisotopic (exact) mass is 316 g/mol. The summed E-state index contributed by atoms with van der Waals surface area (Å²) in [6.07, 6.45) is 21.3. The molecule has 0 amide bonds. The van der Waals surface area contributed by atoms with Crippen LogP contribution in [-0.2, 0) is 0 Å². The molecule has 2 unspecified atom stereocenters. The summed E-state index contributed by atoms with van der Waals surface area (Å²) >= 11 is 0. The summed E-state index contributed by atoms with van der Waals surface area (Å²) < 4.78 is 0. The van der Waals surface area contributed by atoms with E-state index < -0.39 is 0 Å². The van der Waals surface area contributed by atoms with Crippen molar-refractivity contribution < 1.29 is 0 Å². The maximum absolute atomic E-state index is 3.66. The molecule has 2 bridgehead atoms. The molecule has 0 heteroatoms. The molecule has 2 atom stereocenters. The minimum absolute atomic E-state index is 0.833. The molecule has 2 rings (SSSR count). The molecule has 132 valence electrons.